The van der Waals surface area contributed by atoms with Gasteiger partial charge in [-0.25, -0.2) is 4.57 Å². The highest BCUT2D eigenvalue weighted by atomic mass is 16.4. The molecule has 0 aliphatic carbocycles. The largest absolute Gasteiger partial charge is 0.410 e. The van der Waals surface area contributed by atoms with Crippen LogP contribution in [-0.2, 0) is 11.8 Å². The molecular formula is C9H11N2O2+. The lowest BCUT2D eigenvalue weighted by molar-refractivity contribution is -0.671. The number of nitrogens with zero attached hydrogens (tertiary/aromatic N) is 2. The maximum absolute atomic E-state index is 11.0. The van der Waals surface area contributed by atoms with E-state index in [4.69, 9.17) is 5.21 Å². The van der Waals surface area contributed by atoms with E-state index in [1.807, 2.05) is 11.6 Å². The highest BCUT2D eigenvalue weighted by molar-refractivity contribution is 6.45. The van der Waals surface area contributed by atoms with Gasteiger partial charge in [-0.1, -0.05) is 5.16 Å². The summed E-state index contributed by atoms with van der Waals surface area (Å²) in [7, 11) is 1.87. The van der Waals surface area contributed by atoms with Crippen molar-refractivity contribution < 1.29 is 14.6 Å². The number of Topliss-reactive ketones (excluding diaryl/α,β-unsaturated/α-hetero) is 1. The van der Waals surface area contributed by atoms with Gasteiger partial charge in [0.15, 0.2) is 23.9 Å². The molecule has 1 rings (SSSR count). The molecule has 0 radical (unpaired) electrons. The van der Waals surface area contributed by atoms with E-state index in [0.717, 1.165) is 0 Å². The molecule has 0 saturated carbocycles. The normalized spacial score (nSPS) is 11.4. The van der Waals surface area contributed by atoms with Gasteiger partial charge in [0.25, 0.3) is 0 Å². The van der Waals surface area contributed by atoms with Crippen molar-refractivity contribution in [2.75, 3.05) is 0 Å². The predicted octanol–water partition coefficient (Wildman–Crippen LogP) is 0.278. The van der Waals surface area contributed by atoms with Crippen molar-refractivity contribution in [1.82, 2.24) is 0 Å². The van der Waals surface area contributed by atoms with Crippen LogP contribution in [-0.4, -0.2) is 16.7 Å². The van der Waals surface area contributed by atoms with Crippen molar-refractivity contribution in [2.45, 2.75) is 6.92 Å². The minimum atomic E-state index is -0.253. The lowest BCUT2D eigenvalue weighted by atomic mass is 10.1. The molecular weight excluding hydrogens is 168 g/mol. The number of oxime groups is 1. The Balaban J connectivity index is 3.07. The molecule has 4 heteroatoms. The van der Waals surface area contributed by atoms with E-state index in [-0.39, 0.29) is 11.5 Å². The monoisotopic (exact) mass is 179 g/mol. The first-order valence-electron chi connectivity index (χ1n) is 3.84. The fourth-order valence-corrected chi connectivity index (χ4v) is 0.990. The Labute approximate surface area is 76.1 Å². The first-order chi connectivity index (χ1) is 6.15. The maximum atomic E-state index is 11.0. The van der Waals surface area contributed by atoms with Crippen LogP contribution in [0.15, 0.2) is 29.7 Å². The number of rotatable bonds is 2. The quantitative estimate of drug-likeness (QED) is 0.307. The third-order valence-electron chi connectivity index (χ3n) is 1.69. The second-order valence-corrected chi connectivity index (χ2v) is 2.76. The van der Waals surface area contributed by atoms with Gasteiger partial charge in [-0.3, -0.25) is 4.79 Å². The van der Waals surface area contributed by atoms with Gasteiger partial charge in [-0.2, -0.15) is 0 Å². The number of carbonyl (C=O) groups excluding carboxylic acids is 1. The SMILES string of the molecule is CC(=O)/C(=N/O)c1cc[n+](C)cc1. The van der Waals surface area contributed by atoms with Crippen LogP contribution in [0.1, 0.15) is 12.5 Å². The molecule has 1 heterocycles. The van der Waals surface area contributed by atoms with Gasteiger partial charge < -0.3 is 5.21 Å². The van der Waals surface area contributed by atoms with Crippen LogP contribution in [0.4, 0.5) is 0 Å². The summed E-state index contributed by atoms with van der Waals surface area (Å²) in [5, 5.41) is 11.5. The Morgan fingerprint density at radius 1 is 1.46 bits per heavy atom. The average molecular weight is 179 g/mol. The van der Waals surface area contributed by atoms with Crippen LogP contribution in [0.25, 0.3) is 0 Å². The number of ketones is 1. The smallest absolute Gasteiger partial charge is 0.182 e. The summed E-state index contributed by atoms with van der Waals surface area (Å²) in [6.07, 6.45) is 3.56. The third-order valence-corrected chi connectivity index (χ3v) is 1.69. The van der Waals surface area contributed by atoms with Crippen molar-refractivity contribution >= 4 is 11.5 Å². The molecule has 68 valence electrons. The summed E-state index contributed by atoms with van der Waals surface area (Å²) >= 11 is 0. The zero-order valence-corrected chi connectivity index (χ0v) is 7.56. The van der Waals surface area contributed by atoms with Crippen molar-refractivity contribution in [3.63, 3.8) is 0 Å². The van der Waals surface area contributed by atoms with Crippen molar-refractivity contribution in [3.05, 3.63) is 30.1 Å². The molecule has 13 heavy (non-hydrogen) atoms. The minimum Gasteiger partial charge on any atom is -0.410 e. The van der Waals surface area contributed by atoms with E-state index in [1.54, 1.807) is 24.5 Å². The van der Waals surface area contributed by atoms with Crippen molar-refractivity contribution in [3.8, 4) is 0 Å². The number of hydrogen-bond donors (Lipinski definition) is 1. The number of carbonyl (C=O) groups is 1. The molecule has 0 fully saturated rings. The van der Waals surface area contributed by atoms with Gasteiger partial charge in [0, 0.05) is 24.6 Å². The number of aromatic nitrogens is 1. The van der Waals surface area contributed by atoms with E-state index < -0.39 is 0 Å². The Bertz CT molecular complexity index is 341. The van der Waals surface area contributed by atoms with Crippen LogP contribution >= 0.6 is 0 Å². The second-order valence-electron chi connectivity index (χ2n) is 2.76. The van der Waals surface area contributed by atoms with Gasteiger partial charge in [0.05, 0.1) is 0 Å². The predicted molar refractivity (Wildman–Crippen MR) is 46.6 cm³/mol. The first kappa shape index (κ1) is 9.38. The van der Waals surface area contributed by atoms with Crippen LogP contribution in [0.5, 0.6) is 0 Å². The summed E-state index contributed by atoms with van der Waals surface area (Å²) < 4.78 is 1.83. The Hall–Kier alpha value is -1.71. The first-order valence-corrected chi connectivity index (χ1v) is 3.84. The Morgan fingerprint density at radius 3 is 2.38 bits per heavy atom. The highest BCUT2D eigenvalue weighted by Crippen LogP contribution is 1.98. The molecule has 0 amide bonds. The van der Waals surface area contributed by atoms with Crippen LogP contribution in [0.2, 0.25) is 0 Å². The molecule has 1 N–H and O–H groups in total. The van der Waals surface area contributed by atoms with Gasteiger partial charge in [0.1, 0.15) is 7.05 Å². The fraction of sp³-hybridized carbons (Fsp3) is 0.222. The topological polar surface area (TPSA) is 53.5 Å². The molecule has 0 saturated heterocycles. The van der Waals surface area contributed by atoms with Crippen LogP contribution in [0, 0.1) is 0 Å². The van der Waals surface area contributed by atoms with Crippen LogP contribution < -0.4 is 4.57 Å². The Morgan fingerprint density at radius 2 is 2.00 bits per heavy atom. The summed E-state index contributed by atoms with van der Waals surface area (Å²) in [4.78, 5) is 11.0. The van der Waals surface area contributed by atoms with Crippen LogP contribution in [0.3, 0.4) is 0 Å². The average Bonchev–Trinajstić information content (AvgIpc) is 2.09. The summed E-state index contributed by atoms with van der Waals surface area (Å²) in [6.45, 7) is 1.36. The summed E-state index contributed by atoms with van der Waals surface area (Å²) in [5.41, 5.74) is 0.703. The minimum absolute atomic E-state index is 0.0839. The number of aryl methyl sites for hydroxylation is 1. The molecule has 0 bridgehead atoms. The molecule has 0 aromatic carbocycles. The van der Waals surface area contributed by atoms with E-state index in [9.17, 15) is 4.79 Å². The van der Waals surface area contributed by atoms with Gasteiger partial charge >= 0.3 is 0 Å². The fourth-order valence-electron chi connectivity index (χ4n) is 0.990. The van der Waals surface area contributed by atoms with E-state index >= 15 is 0 Å². The van der Waals surface area contributed by atoms with Crippen molar-refractivity contribution in [2.24, 2.45) is 12.2 Å². The second kappa shape index (κ2) is 3.80. The number of pyridine rings is 1. The summed E-state index contributed by atoms with van der Waals surface area (Å²) in [6, 6.07) is 3.44. The molecule has 0 unspecified atom stereocenters. The molecule has 0 atom stereocenters. The zero-order valence-electron chi connectivity index (χ0n) is 7.56. The maximum Gasteiger partial charge on any atom is 0.182 e. The molecule has 0 aliphatic heterocycles. The molecule has 4 nitrogen and oxygen atoms in total. The third kappa shape index (κ3) is 2.11. The lowest BCUT2D eigenvalue weighted by Crippen LogP contribution is -2.27. The van der Waals surface area contributed by atoms with E-state index in [2.05, 4.69) is 5.16 Å². The van der Waals surface area contributed by atoms with Gasteiger partial charge in [0.2, 0.25) is 0 Å². The standard InChI is InChI=1S/C9H10N2O2/c1-7(12)9(10-13)8-3-5-11(2)6-4-8/h3-6H,1-2H3/p+1. The van der Waals surface area contributed by atoms with E-state index in [1.165, 1.54) is 6.92 Å². The molecule has 1 aromatic rings. The zero-order chi connectivity index (χ0) is 9.84. The van der Waals surface area contributed by atoms with Crippen molar-refractivity contribution in [1.29, 1.82) is 0 Å². The van der Waals surface area contributed by atoms with Gasteiger partial charge in [-0.15, -0.1) is 0 Å². The van der Waals surface area contributed by atoms with E-state index in [0.29, 0.717) is 5.56 Å². The molecule has 0 spiro atoms. The molecule has 0 aliphatic rings. The Kier molecular flexibility index (Phi) is 2.74. The lowest BCUT2D eigenvalue weighted by Gasteiger charge is -1.97. The summed E-state index contributed by atoms with van der Waals surface area (Å²) in [5.74, 6) is -0.253. The molecule has 1 aromatic heterocycles. The highest BCUT2D eigenvalue weighted by Gasteiger charge is 2.10. The number of hydrogen-bond acceptors (Lipinski definition) is 3. The van der Waals surface area contributed by atoms with Gasteiger partial charge in [-0.05, 0) is 0 Å².